The third-order valence-electron chi connectivity index (χ3n) is 3.41. The molecule has 1 saturated heterocycles. The number of nitrogens with zero attached hydrogens (tertiary/aromatic N) is 1. The summed E-state index contributed by atoms with van der Waals surface area (Å²) >= 11 is 0. The van der Waals surface area contributed by atoms with E-state index in [0.717, 1.165) is 6.26 Å². The number of anilines is 1. The van der Waals surface area contributed by atoms with Gasteiger partial charge in [-0.05, 0) is 31.5 Å². The number of sulfonamides is 1. The fourth-order valence-corrected chi connectivity index (χ4v) is 4.45. The van der Waals surface area contributed by atoms with Crippen LogP contribution in [0.3, 0.4) is 0 Å². The van der Waals surface area contributed by atoms with Crippen LogP contribution in [0.15, 0.2) is 24.3 Å². The van der Waals surface area contributed by atoms with E-state index in [9.17, 15) is 16.8 Å². The van der Waals surface area contributed by atoms with Crippen molar-refractivity contribution in [1.29, 1.82) is 0 Å². The summed E-state index contributed by atoms with van der Waals surface area (Å²) in [6, 6.07) is 6.58. The van der Waals surface area contributed by atoms with Gasteiger partial charge >= 0.3 is 0 Å². The van der Waals surface area contributed by atoms with E-state index in [0.29, 0.717) is 24.3 Å². The standard InChI is InChI=1S/C14H23N3O5S2/c1-11-9-17(10-12(2)22-11)24(20,21)15-8-13-5-4-6-14(7-13)16-23(3,18)19/h4-7,11-12,15-16H,8-10H2,1-3H3/t11-,12-/m1/s1. The molecule has 0 amide bonds. The first kappa shape index (κ1) is 19.1. The minimum Gasteiger partial charge on any atom is -0.373 e. The fourth-order valence-electron chi connectivity index (χ4n) is 2.55. The van der Waals surface area contributed by atoms with Crippen LogP contribution in [0.1, 0.15) is 19.4 Å². The molecule has 1 fully saturated rings. The van der Waals surface area contributed by atoms with E-state index < -0.39 is 20.2 Å². The van der Waals surface area contributed by atoms with Crippen LogP contribution >= 0.6 is 0 Å². The first-order chi connectivity index (χ1) is 11.0. The van der Waals surface area contributed by atoms with E-state index >= 15 is 0 Å². The predicted octanol–water partition coefficient (Wildman–Crippen LogP) is 0.502. The Labute approximate surface area is 143 Å². The van der Waals surface area contributed by atoms with Crippen LogP contribution < -0.4 is 9.44 Å². The summed E-state index contributed by atoms with van der Waals surface area (Å²) in [6.07, 6.45) is 0.739. The average Bonchev–Trinajstić information content (AvgIpc) is 2.43. The topological polar surface area (TPSA) is 105 Å². The second kappa shape index (κ2) is 7.36. The van der Waals surface area contributed by atoms with Gasteiger partial charge in [-0.2, -0.15) is 17.4 Å². The summed E-state index contributed by atoms with van der Waals surface area (Å²) in [5.74, 6) is 0. The van der Waals surface area contributed by atoms with Gasteiger partial charge in [0.25, 0.3) is 10.2 Å². The lowest BCUT2D eigenvalue weighted by Crippen LogP contribution is -2.51. The molecule has 1 aromatic carbocycles. The number of nitrogens with one attached hydrogen (secondary N) is 2. The largest absolute Gasteiger partial charge is 0.373 e. The van der Waals surface area contributed by atoms with Gasteiger partial charge < -0.3 is 4.74 Å². The van der Waals surface area contributed by atoms with Crippen molar-refractivity contribution in [3.63, 3.8) is 0 Å². The van der Waals surface area contributed by atoms with Crippen molar-refractivity contribution in [3.8, 4) is 0 Å². The third-order valence-corrected chi connectivity index (χ3v) is 5.51. The molecule has 2 rings (SSSR count). The highest BCUT2D eigenvalue weighted by molar-refractivity contribution is 7.92. The second-order valence-corrected chi connectivity index (χ2v) is 9.48. The van der Waals surface area contributed by atoms with E-state index in [1.807, 2.05) is 13.8 Å². The molecule has 136 valence electrons. The Morgan fingerprint density at radius 1 is 1.17 bits per heavy atom. The summed E-state index contributed by atoms with van der Waals surface area (Å²) in [6.45, 7) is 4.34. The Hall–Kier alpha value is -1.20. The molecule has 1 aromatic rings. The van der Waals surface area contributed by atoms with Crippen LogP contribution in [-0.2, 0) is 31.5 Å². The first-order valence-corrected chi connectivity index (χ1v) is 10.9. The van der Waals surface area contributed by atoms with Crippen molar-refractivity contribution in [2.45, 2.75) is 32.6 Å². The highest BCUT2D eigenvalue weighted by atomic mass is 32.2. The highest BCUT2D eigenvalue weighted by Gasteiger charge is 2.30. The minimum atomic E-state index is -3.63. The molecule has 0 bridgehead atoms. The van der Waals surface area contributed by atoms with Crippen molar-refractivity contribution in [2.24, 2.45) is 0 Å². The highest BCUT2D eigenvalue weighted by Crippen LogP contribution is 2.15. The molecule has 0 unspecified atom stereocenters. The van der Waals surface area contributed by atoms with Crippen LogP contribution in [-0.4, -0.2) is 52.7 Å². The van der Waals surface area contributed by atoms with Gasteiger partial charge in [0.2, 0.25) is 10.0 Å². The molecule has 8 nitrogen and oxygen atoms in total. The van der Waals surface area contributed by atoms with Crippen molar-refractivity contribution >= 4 is 25.9 Å². The van der Waals surface area contributed by atoms with Crippen LogP contribution in [0.4, 0.5) is 5.69 Å². The maximum Gasteiger partial charge on any atom is 0.279 e. The molecule has 2 atom stereocenters. The number of hydrogen-bond donors (Lipinski definition) is 2. The van der Waals surface area contributed by atoms with Gasteiger partial charge in [0.1, 0.15) is 0 Å². The molecule has 1 heterocycles. The zero-order valence-corrected chi connectivity index (χ0v) is 15.5. The molecule has 2 N–H and O–H groups in total. The second-order valence-electron chi connectivity index (χ2n) is 5.98. The maximum absolute atomic E-state index is 12.4. The van der Waals surface area contributed by atoms with E-state index in [1.54, 1.807) is 24.3 Å². The molecular formula is C14H23N3O5S2. The van der Waals surface area contributed by atoms with Gasteiger partial charge in [0, 0.05) is 25.3 Å². The summed E-state index contributed by atoms with van der Waals surface area (Å²) < 4.78 is 59.1. The van der Waals surface area contributed by atoms with Crippen LogP contribution in [0.2, 0.25) is 0 Å². The lowest BCUT2D eigenvalue weighted by molar-refractivity contribution is -0.0444. The molecule has 24 heavy (non-hydrogen) atoms. The van der Waals surface area contributed by atoms with Crippen molar-refractivity contribution in [3.05, 3.63) is 29.8 Å². The average molecular weight is 377 g/mol. The van der Waals surface area contributed by atoms with Gasteiger partial charge in [-0.25, -0.2) is 8.42 Å². The van der Waals surface area contributed by atoms with Gasteiger partial charge in [-0.15, -0.1) is 0 Å². The monoisotopic (exact) mass is 377 g/mol. The van der Waals surface area contributed by atoms with Crippen LogP contribution in [0.5, 0.6) is 0 Å². The smallest absolute Gasteiger partial charge is 0.279 e. The molecule has 0 aliphatic carbocycles. The normalized spacial score (nSPS) is 23.1. The Morgan fingerprint density at radius 3 is 2.38 bits per heavy atom. The molecule has 1 aliphatic heterocycles. The maximum atomic E-state index is 12.4. The Bertz CT molecular complexity index is 769. The molecular weight excluding hydrogens is 354 g/mol. The third kappa shape index (κ3) is 5.71. The van der Waals surface area contributed by atoms with Gasteiger partial charge in [-0.3, -0.25) is 4.72 Å². The summed E-state index contributed by atoms with van der Waals surface area (Å²) in [5, 5.41) is 0. The zero-order chi connectivity index (χ0) is 18.0. The summed E-state index contributed by atoms with van der Waals surface area (Å²) in [7, 11) is -7.01. The van der Waals surface area contributed by atoms with Crippen molar-refractivity contribution < 1.29 is 21.6 Å². The molecule has 0 aromatic heterocycles. The van der Waals surface area contributed by atoms with Gasteiger partial charge in [0.05, 0.1) is 18.5 Å². The van der Waals surface area contributed by atoms with E-state index in [4.69, 9.17) is 4.74 Å². The summed E-state index contributed by atoms with van der Waals surface area (Å²) in [4.78, 5) is 0. The first-order valence-electron chi connectivity index (χ1n) is 7.52. The van der Waals surface area contributed by atoms with Crippen LogP contribution in [0.25, 0.3) is 0 Å². The van der Waals surface area contributed by atoms with E-state index in [-0.39, 0.29) is 18.8 Å². The molecule has 0 saturated carbocycles. The quantitative estimate of drug-likeness (QED) is 0.751. The van der Waals surface area contributed by atoms with E-state index in [2.05, 4.69) is 9.44 Å². The van der Waals surface area contributed by atoms with Crippen molar-refractivity contribution in [2.75, 3.05) is 24.1 Å². The number of rotatable bonds is 6. The Kier molecular flexibility index (Phi) is 5.87. The number of ether oxygens (including phenoxy) is 1. The molecule has 1 aliphatic rings. The number of morpholine rings is 1. The SMILES string of the molecule is C[C@@H]1CN(S(=O)(=O)NCc2cccc(NS(C)(=O)=O)c2)C[C@@H](C)O1. The van der Waals surface area contributed by atoms with E-state index in [1.165, 1.54) is 4.31 Å². The van der Waals surface area contributed by atoms with Gasteiger partial charge in [-0.1, -0.05) is 12.1 Å². The summed E-state index contributed by atoms with van der Waals surface area (Å²) in [5.41, 5.74) is 1.05. The Balaban J connectivity index is 2.03. The lowest BCUT2D eigenvalue weighted by Gasteiger charge is -2.34. The fraction of sp³-hybridized carbons (Fsp3) is 0.571. The number of benzene rings is 1. The predicted molar refractivity (Wildman–Crippen MR) is 92.3 cm³/mol. The molecule has 0 radical (unpaired) electrons. The zero-order valence-electron chi connectivity index (χ0n) is 13.9. The minimum absolute atomic E-state index is 0.0712. The number of hydrogen-bond acceptors (Lipinski definition) is 5. The van der Waals surface area contributed by atoms with Gasteiger partial charge in [0.15, 0.2) is 0 Å². The lowest BCUT2D eigenvalue weighted by atomic mass is 10.2. The molecule has 10 heteroatoms. The molecule has 0 spiro atoms. The van der Waals surface area contributed by atoms with Crippen LogP contribution in [0, 0.1) is 0 Å². The van der Waals surface area contributed by atoms with Crippen molar-refractivity contribution in [1.82, 2.24) is 9.03 Å². The Morgan fingerprint density at radius 2 is 1.79 bits per heavy atom.